The van der Waals surface area contributed by atoms with Crippen molar-refractivity contribution < 1.29 is 4.79 Å². The molecule has 1 fully saturated rings. The van der Waals surface area contributed by atoms with Crippen molar-refractivity contribution in [2.75, 3.05) is 26.7 Å². The Morgan fingerprint density at radius 2 is 2.12 bits per heavy atom. The van der Waals surface area contributed by atoms with Crippen LogP contribution in [0, 0.1) is 0 Å². The second-order valence-electron chi connectivity index (χ2n) is 5.06. The third kappa shape index (κ3) is 2.72. The van der Waals surface area contributed by atoms with Gasteiger partial charge in [-0.15, -0.1) is 11.3 Å². The molecule has 1 saturated heterocycles. The summed E-state index contributed by atoms with van der Waals surface area (Å²) in [7, 11) is 2.11. The molecule has 5 heteroatoms. The summed E-state index contributed by atoms with van der Waals surface area (Å²) >= 11 is 4.90. The second-order valence-corrected chi connectivity index (χ2v) is 7.53. The molecule has 0 aromatic carbocycles. The molecular formula is C12H17BrN2OS. The van der Waals surface area contributed by atoms with Gasteiger partial charge in [0, 0.05) is 25.2 Å². The number of carbonyl (C=O) groups is 1. The van der Waals surface area contributed by atoms with Gasteiger partial charge in [-0.2, -0.15) is 0 Å². The van der Waals surface area contributed by atoms with Crippen LogP contribution in [-0.4, -0.2) is 47.9 Å². The van der Waals surface area contributed by atoms with Crippen molar-refractivity contribution in [3.8, 4) is 0 Å². The lowest BCUT2D eigenvalue weighted by molar-refractivity contribution is 0.0315. The van der Waals surface area contributed by atoms with E-state index < -0.39 is 0 Å². The lowest BCUT2D eigenvalue weighted by Crippen LogP contribution is -2.58. The van der Waals surface area contributed by atoms with Crippen LogP contribution < -0.4 is 0 Å². The van der Waals surface area contributed by atoms with E-state index in [2.05, 4.69) is 41.7 Å². The van der Waals surface area contributed by atoms with Crippen LogP contribution in [0.5, 0.6) is 0 Å². The normalized spacial score (nSPS) is 20.6. The molecule has 1 aliphatic rings. The SMILES string of the molecule is CN1CCN(C(=O)c2ccc(Br)s2)CC1(C)C. The van der Waals surface area contributed by atoms with Gasteiger partial charge < -0.3 is 4.90 Å². The van der Waals surface area contributed by atoms with Crippen LogP contribution >= 0.6 is 27.3 Å². The lowest BCUT2D eigenvalue weighted by atomic mass is 9.99. The Hall–Kier alpha value is -0.390. The molecule has 17 heavy (non-hydrogen) atoms. The Balaban J connectivity index is 2.11. The predicted molar refractivity (Wildman–Crippen MR) is 74.6 cm³/mol. The highest BCUT2D eigenvalue weighted by atomic mass is 79.9. The van der Waals surface area contributed by atoms with Gasteiger partial charge in [0.2, 0.25) is 0 Å². The number of nitrogens with zero attached hydrogens (tertiary/aromatic N) is 2. The van der Waals surface area contributed by atoms with Crippen molar-refractivity contribution in [3.05, 3.63) is 20.8 Å². The lowest BCUT2D eigenvalue weighted by Gasteiger charge is -2.45. The number of thiophene rings is 1. The quantitative estimate of drug-likeness (QED) is 0.795. The fourth-order valence-electron chi connectivity index (χ4n) is 2.00. The number of halogens is 1. The first-order valence-electron chi connectivity index (χ1n) is 5.66. The van der Waals surface area contributed by atoms with Crippen molar-refractivity contribution in [1.82, 2.24) is 9.80 Å². The van der Waals surface area contributed by atoms with Gasteiger partial charge in [0.15, 0.2) is 0 Å². The maximum Gasteiger partial charge on any atom is 0.264 e. The van der Waals surface area contributed by atoms with Crippen LogP contribution in [0.3, 0.4) is 0 Å². The standard InChI is InChI=1S/C12H17BrN2OS/c1-12(2)8-15(7-6-14(12)3)11(16)9-4-5-10(13)17-9/h4-5H,6-8H2,1-3H3. The average Bonchev–Trinajstić information content (AvgIpc) is 2.68. The number of hydrogen-bond donors (Lipinski definition) is 0. The Labute approximate surface area is 115 Å². The van der Waals surface area contributed by atoms with Crippen molar-refractivity contribution in [3.63, 3.8) is 0 Å². The van der Waals surface area contributed by atoms with Gasteiger partial charge >= 0.3 is 0 Å². The third-order valence-corrected chi connectivity index (χ3v) is 5.00. The Morgan fingerprint density at radius 3 is 2.65 bits per heavy atom. The first-order chi connectivity index (χ1) is 7.90. The van der Waals surface area contributed by atoms with E-state index in [1.807, 2.05) is 17.0 Å². The number of hydrogen-bond acceptors (Lipinski definition) is 3. The van der Waals surface area contributed by atoms with Crippen LogP contribution in [0.25, 0.3) is 0 Å². The summed E-state index contributed by atoms with van der Waals surface area (Å²) in [5.41, 5.74) is 0.0579. The summed E-state index contributed by atoms with van der Waals surface area (Å²) in [6, 6.07) is 3.82. The number of rotatable bonds is 1. The maximum absolute atomic E-state index is 12.3. The third-order valence-electron chi connectivity index (χ3n) is 3.39. The smallest absolute Gasteiger partial charge is 0.264 e. The molecule has 2 heterocycles. The summed E-state index contributed by atoms with van der Waals surface area (Å²) in [5.74, 6) is 0.155. The summed E-state index contributed by atoms with van der Waals surface area (Å²) in [5, 5.41) is 0. The van der Waals surface area contributed by atoms with E-state index in [4.69, 9.17) is 0 Å². The summed E-state index contributed by atoms with van der Waals surface area (Å²) < 4.78 is 1.01. The fourth-order valence-corrected chi connectivity index (χ4v) is 3.35. The Kier molecular flexibility index (Phi) is 3.61. The minimum absolute atomic E-state index is 0.0579. The first-order valence-corrected chi connectivity index (χ1v) is 7.27. The summed E-state index contributed by atoms with van der Waals surface area (Å²) in [6.07, 6.45) is 0. The van der Waals surface area contributed by atoms with Crippen LogP contribution in [-0.2, 0) is 0 Å². The highest BCUT2D eigenvalue weighted by Crippen LogP contribution is 2.26. The van der Waals surface area contributed by atoms with E-state index in [1.165, 1.54) is 11.3 Å². The van der Waals surface area contributed by atoms with Gasteiger partial charge in [-0.05, 0) is 49.0 Å². The van der Waals surface area contributed by atoms with Crippen molar-refractivity contribution in [2.45, 2.75) is 19.4 Å². The molecule has 2 rings (SSSR count). The zero-order valence-corrected chi connectivity index (χ0v) is 12.8. The molecule has 0 N–H and O–H groups in total. The molecule has 0 unspecified atom stereocenters. The summed E-state index contributed by atoms with van der Waals surface area (Å²) in [6.45, 7) is 6.89. The molecule has 0 spiro atoms. The topological polar surface area (TPSA) is 23.6 Å². The van der Waals surface area contributed by atoms with E-state index in [9.17, 15) is 4.79 Å². The molecule has 1 aromatic rings. The van der Waals surface area contributed by atoms with Crippen LogP contribution in [0.15, 0.2) is 15.9 Å². The van der Waals surface area contributed by atoms with Crippen molar-refractivity contribution in [2.24, 2.45) is 0 Å². The van der Waals surface area contributed by atoms with E-state index in [-0.39, 0.29) is 11.4 Å². The van der Waals surface area contributed by atoms with Crippen LogP contribution in [0.1, 0.15) is 23.5 Å². The molecule has 94 valence electrons. The van der Waals surface area contributed by atoms with Crippen molar-refractivity contribution in [1.29, 1.82) is 0 Å². The van der Waals surface area contributed by atoms with E-state index in [0.717, 1.165) is 28.3 Å². The monoisotopic (exact) mass is 316 g/mol. The molecular weight excluding hydrogens is 300 g/mol. The molecule has 1 amide bonds. The van der Waals surface area contributed by atoms with Gasteiger partial charge in [-0.3, -0.25) is 9.69 Å². The summed E-state index contributed by atoms with van der Waals surface area (Å²) in [4.78, 5) is 17.4. The first kappa shape index (κ1) is 13.1. The maximum atomic E-state index is 12.3. The number of piperazine rings is 1. The van der Waals surface area contributed by atoms with Gasteiger partial charge in [0.05, 0.1) is 8.66 Å². The largest absolute Gasteiger partial charge is 0.335 e. The zero-order valence-electron chi connectivity index (χ0n) is 10.4. The molecule has 0 saturated carbocycles. The predicted octanol–water partition coefficient (Wildman–Crippen LogP) is 2.68. The Morgan fingerprint density at radius 1 is 1.41 bits per heavy atom. The molecule has 0 atom stereocenters. The van der Waals surface area contributed by atoms with Gasteiger partial charge in [-0.25, -0.2) is 0 Å². The molecule has 0 radical (unpaired) electrons. The number of likely N-dealkylation sites (N-methyl/N-ethyl adjacent to an activating group) is 1. The Bertz CT molecular complexity index is 430. The highest BCUT2D eigenvalue weighted by Gasteiger charge is 2.33. The fraction of sp³-hybridized carbons (Fsp3) is 0.583. The zero-order chi connectivity index (χ0) is 12.6. The van der Waals surface area contributed by atoms with Crippen molar-refractivity contribution >= 4 is 33.2 Å². The molecule has 1 aliphatic heterocycles. The minimum atomic E-state index is 0.0579. The molecule has 3 nitrogen and oxygen atoms in total. The van der Waals surface area contributed by atoms with Crippen LogP contribution in [0.4, 0.5) is 0 Å². The number of amides is 1. The van der Waals surface area contributed by atoms with E-state index in [1.54, 1.807) is 0 Å². The minimum Gasteiger partial charge on any atom is -0.335 e. The second kappa shape index (κ2) is 4.71. The van der Waals surface area contributed by atoms with Gasteiger partial charge in [0.1, 0.15) is 0 Å². The molecule has 0 bridgehead atoms. The van der Waals surface area contributed by atoms with Crippen LogP contribution in [0.2, 0.25) is 0 Å². The van der Waals surface area contributed by atoms with Gasteiger partial charge in [0.25, 0.3) is 5.91 Å². The number of carbonyl (C=O) groups excluding carboxylic acids is 1. The van der Waals surface area contributed by atoms with Gasteiger partial charge in [-0.1, -0.05) is 0 Å². The average molecular weight is 317 g/mol. The molecule has 0 aliphatic carbocycles. The molecule has 1 aromatic heterocycles. The van der Waals surface area contributed by atoms with E-state index in [0.29, 0.717) is 0 Å². The highest BCUT2D eigenvalue weighted by molar-refractivity contribution is 9.11. The van der Waals surface area contributed by atoms with E-state index >= 15 is 0 Å².